The second kappa shape index (κ2) is 3.13. The molecule has 0 saturated carbocycles. The maximum absolute atomic E-state index is 5.47. The Morgan fingerprint density at radius 1 is 1.54 bits per heavy atom. The van der Waals surface area contributed by atoms with E-state index in [0.717, 1.165) is 23.6 Å². The van der Waals surface area contributed by atoms with Gasteiger partial charge < -0.3 is 10.1 Å². The van der Waals surface area contributed by atoms with E-state index >= 15 is 0 Å². The van der Waals surface area contributed by atoms with E-state index in [1.807, 2.05) is 6.07 Å². The van der Waals surface area contributed by atoms with Crippen molar-refractivity contribution in [1.29, 1.82) is 0 Å². The molecule has 2 nitrogen and oxygen atoms in total. The Morgan fingerprint density at radius 3 is 3.15 bits per heavy atom. The first kappa shape index (κ1) is 8.17. The first-order valence-electron chi connectivity index (χ1n) is 4.50. The van der Waals surface area contributed by atoms with Crippen molar-refractivity contribution < 1.29 is 4.74 Å². The number of hydrogen-bond acceptors (Lipinski definition) is 2. The number of ether oxygens (including phenoxy) is 1. The van der Waals surface area contributed by atoms with Gasteiger partial charge in [-0.2, -0.15) is 0 Å². The molecular formula is C11H13NO. The van der Waals surface area contributed by atoms with Gasteiger partial charge >= 0.3 is 0 Å². The summed E-state index contributed by atoms with van der Waals surface area (Å²) < 4.78 is 5.47. The molecule has 0 aliphatic carbocycles. The lowest BCUT2D eigenvalue weighted by atomic mass is 10.1. The summed E-state index contributed by atoms with van der Waals surface area (Å²) in [4.78, 5) is 0. The van der Waals surface area contributed by atoms with Crippen molar-refractivity contribution in [3.8, 4) is 5.75 Å². The number of rotatable bonds is 1. The van der Waals surface area contributed by atoms with Crippen molar-refractivity contribution in [3.63, 3.8) is 0 Å². The van der Waals surface area contributed by atoms with E-state index in [1.165, 1.54) is 5.56 Å². The Morgan fingerprint density at radius 2 is 2.38 bits per heavy atom. The summed E-state index contributed by atoms with van der Waals surface area (Å²) in [6, 6.07) is 6.21. The van der Waals surface area contributed by atoms with Crippen LogP contribution >= 0.6 is 0 Å². The Hall–Kier alpha value is -1.44. The fourth-order valence-corrected chi connectivity index (χ4v) is 1.41. The molecule has 13 heavy (non-hydrogen) atoms. The molecule has 0 atom stereocenters. The molecule has 0 aromatic heterocycles. The van der Waals surface area contributed by atoms with Crippen LogP contribution in [-0.4, -0.2) is 6.61 Å². The second-order valence-electron chi connectivity index (χ2n) is 3.20. The zero-order valence-electron chi connectivity index (χ0n) is 7.76. The molecule has 2 rings (SSSR count). The van der Waals surface area contributed by atoms with Crippen LogP contribution in [0.1, 0.15) is 12.5 Å². The van der Waals surface area contributed by atoms with Crippen LogP contribution < -0.4 is 10.1 Å². The number of hydrogen-bond donors (Lipinski definition) is 1. The maximum atomic E-state index is 5.47. The van der Waals surface area contributed by atoms with Crippen LogP contribution in [0.15, 0.2) is 30.5 Å². The van der Waals surface area contributed by atoms with Gasteiger partial charge in [0.2, 0.25) is 0 Å². The maximum Gasteiger partial charge on any atom is 0.143 e. The molecule has 1 heterocycles. The van der Waals surface area contributed by atoms with E-state index in [2.05, 4.69) is 31.0 Å². The fraction of sp³-hybridized carbons (Fsp3) is 0.273. The summed E-state index contributed by atoms with van der Waals surface area (Å²) in [5.74, 6) is 0.921. The van der Waals surface area contributed by atoms with E-state index < -0.39 is 0 Å². The second-order valence-corrected chi connectivity index (χ2v) is 3.20. The predicted octanol–water partition coefficient (Wildman–Crippen LogP) is 2.57. The third-order valence-electron chi connectivity index (χ3n) is 2.17. The topological polar surface area (TPSA) is 21.3 Å². The van der Waals surface area contributed by atoms with Gasteiger partial charge in [-0.05, 0) is 24.1 Å². The summed E-state index contributed by atoms with van der Waals surface area (Å²) in [6.45, 7) is 6.54. The minimum absolute atomic E-state index is 0.568. The molecule has 1 aliphatic heterocycles. The quantitative estimate of drug-likeness (QED) is 0.708. The van der Waals surface area contributed by atoms with Gasteiger partial charge in [0.05, 0.1) is 5.69 Å². The highest BCUT2D eigenvalue weighted by Gasteiger charge is 2.11. The lowest BCUT2D eigenvalue weighted by Crippen LogP contribution is -2.15. The highest BCUT2D eigenvalue weighted by molar-refractivity contribution is 5.62. The molecule has 1 aromatic rings. The zero-order chi connectivity index (χ0) is 9.26. The minimum atomic E-state index is 0.568. The average molecular weight is 175 g/mol. The molecule has 0 bridgehead atoms. The first-order valence-corrected chi connectivity index (χ1v) is 4.50. The molecule has 0 fully saturated rings. The molecule has 1 N–H and O–H groups in total. The van der Waals surface area contributed by atoms with Gasteiger partial charge in [-0.15, -0.1) is 0 Å². The van der Waals surface area contributed by atoms with E-state index in [-0.39, 0.29) is 0 Å². The summed E-state index contributed by atoms with van der Waals surface area (Å²) >= 11 is 0. The van der Waals surface area contributed by atoms with E-state index in [9.17, 15) is 0 Å². The van der Waals surface area contributed by atoms with Crippen molar-refractivity contribution >= 4 is 5.69 Å². The van der Waals surface area contributed by atoms with Gasteiger partial charge in [0.25, 0.3) is 0 Å². The SMILES string of the molecule is C=C1COc2ccc(CC)cc2N1. The standard InChI is InChI=1S/C11H13NO/c1-3-9-4-5-11-10(6-9)12-8(2)7-13-11/h4-6,12H,2-3,7H2,1H3. The summed E-state index contributed by atoms with van der Waals surface area (Å²) in [7, 11) is 0. The van der Waals surface area contributed by atoms with Crippen molar-refractivity contribution in [2.45, 2.75) is 13.3 Å². The van der Waals surface area contributed by atoms with Crippen LogP contribution in [0, 0.1) is 0 Å². The number of fused-ring (bicyclic) bond motifs is 1. The van der Waals surface area contributed by atoms with Gasteiger partial charge in [-0.1, -0.05) is 19.6 Å². The molecule has 1 aromatic carbocycles. The van der Waals surface area contributed by atoms with Gasteiger partial charge in [0, 0.05) is 5.70 Å². The number of aryl methyl sites for hydroxylation is 1. The van der Waals surface area contributed by atoms with Crippen molar-refractivity contribution in [2.24, 2.45) is 0 Å². The monoisotopic (exact) mass is 175 g/mol. The molecule has 2 heteroatoms. The molecule has 68 valence electrons. The molecule has 0 saturated heterocycles. The Kier molecular flexibility index (Phi) is 1.97. The van der Waals surface area contributed by atoms with Crippen molar-refractivity contribution in [3.05, 3.63) is 36.0 Å². The minimum Gasteiger partial charge on any atom is -0.485 e. The summed E-state index contributed by atoms with van der Waals surface area (Å²) in [6.07, 6.45) is 1.04. The van der Waals surface area contributed by atoms with E-state index in [4.69, 9.17) is 4.74 Å². The largest absolute Gasteiger partial charge is 0.485 e. The zero-order valence-corrected chi connectivity index (χ0v) is 7.76. The molecule has 0 radical (unpaired) electrons. The summed E-state index contributed by atoms with van der Waals surface area (Å²) in [5, 5.41) is 3.22. The van der Waals surface area contributed by atoms with Gasteiger partial charge in [0.1, 0.15) is 12.4 Å². The van der Waals surface area contributed by atoms with Crippen LogP contribution in [0.3, 0.4) is 0 Å². The molecule has 0 spiro atoms. The van der Waals surface area contributed by atoms with Crippen LogP contribution in [0.4, 0.5) is 5.69 Å². The fourth-order valence-electron chi connectivity index (χ4n) is 1.41. The number of benzene rings is 1. The van der Waals surface area contributed by atoms with Crippen molar-refractivity contribution in [2.75, 3.05) is 11.9 Å². The smallest absolute Gasteiger partial charge is 0.143 e. The average Bonchev–Trinajstić information content (AvgIpc) is 2.16. The van der Waals surface area contributed by atoms with E-state index in [0.29, 0.717) is 6.61 Å². The molecular weight excluding hydrogens is 162 g/mol. The Bertz CT molecular complexity index is 344. The highest BCUT2D eigenvalue weighted by atomic mass is 16.5. The molecule has 1 aliphatic rings. The summed E-state index contributed by atoms with van der Waals surface area (Å²) in [5.41, 5.74) is 3.26. The lowest BCUT2D eigenvalue weighted by molar-refractivity contribution is 0.346. The van der Waals surface area contributed by atoms with Crippen LogP contribution in [0.25, 0.3) is 0 Å². The van der Waals surface area contributed by atoms with Crippen molar-refractivity contribution in [1.82, 2.24) is 0 Å². The molecule has 0 amide bonds. The number of nitrogens with one attached hydrogen (secondary N) is 1. The van der Waals surface area contributed by atoms with Crippen LogP contribution in [0.2, 0.25) is 0 Å². The van der Waals surface area contributed by atoms with E-state index in [1.54, 1.807) is 0 Å². The van der Waals surface area contributed by atoms with Gasteiger partial charge in [0.15, 0.2) is 0 Å². The van der Waals surface area contributed by atoms with Crippen LogP contribution in [-0.2, 0) is 6.42 Å². The Labute approximate surface area is 78.2 Å². The van der Waals surface area contributed by atoms with Crippen LogP contribution in [0.5, 0.6) is 5.75 Å². The van der Waals surface area contributed by atoms with Gasteiger partial charge in [-0.3, -0.25) is 0 Å². The lowest BCUT2D eigenvalue weighted by Gasteiger charge is -2.21. The Balaban J connectivity index is 2.38. The van der Waals surface area contributed by atoms with Gasteiger partial charge in [-0.25, -0.2) is 0 Å². The normalized spacial score (nSPS) is 14.4. The molecule has 0 unspecified atom stereocenters. The number of anilines is 1. The highest BCUT2D eigenvalue weighted by Crippen LogP contribution is 2.30. The first-order chi connectivity index (χ1) is 6.29. The predicted molar refractivity (Wildman–Crippen MR) is 54.1 cm³/mol. The third kappa shape index (κ3) is 1.52. The third-order valence-corrected chi connectivity index (χ3v) is 2.17.